The fourth-order valence-electron chi connectivity index (χ4n) is 3.22. The van der Waals surface area contributed by atoms with Crippen LogP contribution in [0.2, 0.25) is 0 Å². The molecule has 0 aliphatic carbocycles. The van der Waals surface area contributed by atoms with Crippen molar-refractivity contribution in [3.8, 4) is 6.07 Å². The number of para-hydroxylation sites is 2. The normalized spacial score (nSPS) is 10.8. The van der Waals surface area contributed by atoms with Gasteiger partial charge in [0.2, 0.25) is 0 Å². The Bertz CT molecular complexity index is 1360. The first-order chi connectivity index (χ1) is 16.8. The number of ether oxygens (including phenoxy) is 1. The number of halogens is 1. The molecule has 35 heavy (non-hydrogen) atoms. The molecule has 3 aromatic rings. The maximum absolute atomic E-state index is 14.2. The number of nitrogens with zero attached hydrogens (tertiary/aromatic N) is 3. The Hall–Kier alpha value is -4.23. The van der Waals surface area contributed by atoms with Crippen LogP contribution in [0.3, 0.4) is 0 Å². The highest BCUT2D eigenvalue weighted by atomic mass is 32.2. The topological polar surface area (TPSA) is 108 Å². The van der Waals surface area contributed by atoms with Gasteiger partial charge in [-0.15, -0.1) is 0 Å². The molecule has 0 unspecified atom stereocenters. The number of anilines is 2. The lowest BCUT2D eigenvalue weighted by Crippen LogP contribution is -2.36. The van der Waals surface area contributed by atoms with Gasteiger partial charge in [0.1, 0.15) is 5.82 Å². The Morgan fingerprint density at radius 3 is 2.37 bits per heavy atom. The van der Waals surface area contributed by atoms with Gasteiger partial charge in [0.15, 0.2) is 6.61 Å². The van der Waals surface area contributed by atoms with Gasteiger partial charge >= 0.3 is 5.97 Å². The third kappa shape index (κ3) is 6.02. The van der Waals surface area contributed by atoms with E-state index >= 15 is 0 Å². The molecule has 0 bridgehead atoms. The maximum Gasteiger partial charge on any atom is 0.338 e. The van der Waals surface area contributed by atoms with E-state index in [0.29, 0.717) is 5.69 Å². The number of amides is 1. The van der Waals surface area contributed by atoms with Gasteiger partial charge in [-0.1, -0.05) is 36.4 Å². The first-order valence-electron chi connectivity index (χ1n) is 10.5. The van der Waals surface area contributed by atoms with E-state index in [0.717, 1.165) is 15.3 Å². The first-order valence-corrected chi connectivity index (χ1v) is 11.9. The molecule has 0 fully saturated rings. The summed E-state index contributed by atoms with van der Waals surface area (Å²) in [5, 5.41) is 8.86. The van der Waals surface area contributed by atoms with Crippen molar-refractivity contribution in [3.05, 3.63) is 90.2 Å². The van der Waals surface area contributed by atoms with Crippen LogP contribution in [0.1, 0.15) is 16.8 Å². The predicted molar refractivity (Wildman–Crippen MR) is 128 cm³/mol. The van der Waals surface area contributed by atoms with Gasteiger partial charge in [0.25, 0.3) is 15.9 Å². The quantitative estimate of drug-likeness (QED) is 0.419. The summed E-state index contributed by atoms with van der Waals surface area (Å²) in [7, 11) is -2.57. The Morgan fingerprint density at radius 2 is 1.69 bits per heavy atom. The number of benzene rings is 3. The molecule has 0 N–H and O–H groups in total. The summed E-state index contributed by atoms with van der Waals surface area (Å²) in [6.45, 7) is -0.813. The fraction of sp³-hybridized carbons (Fsp3) is 0.160. The minimum Gasteiger partial charge on any atom is -0.452 e. The molecular formula is C25H22FN3O5S. The van der Waals surface area contributed by atoms with Gasteiger partial charge in [-0.3, -0.25) is 9.10 Å². The van der Waals surface area contributed by atoms with Crippen LogP contribution >= 0.6 is 0 Å². The van der Waals surface area contributed by atoms with Crippen molar-refractivity contribution in [2.24, 2.45) is 0 Å². The molecule has 0 heterocycles. The third-order valence-electron chi connectivity index (χ3n) is 5.07. The highest BCUT2D eigenvalue weighted by Crippen LogP contribution is 2.23. The number of nitriles is 1. The van der Waals surface area contributed by atoms with E-state index in [1.165, 1.54) is 49.5 Å². The SMILES string of the molecule is CN(c1ccccc1)S(=O)(=O)c1cccc(C(=O)OCC(=O)N(CCC#N)c2ccccc2F)c1. The monoisotopic (exact) mass is 495 g/mol. The van der Waals surface area contributed by atoms with E-state index in [9.17, 15) is 22.4 Å². The second-order valence-corrected chi connectivity index (χ2v) is 9.29. The lowest BCUT2D eigenvalue weighted by molar-refractivity contribution is -0.121. The largest absolute Gasteiger partial charge is 0.452 e. The zero-order valence-corrected chi connectivity index (χ0v) is 19.6. The Balaban J connectivity index is 1.74. The van der Waals surface area contributed by atoms with E-state index in [4.69, 9.17) is 10.00 Å². The minimum absolute atomic E-state index is 0.0409. The van der Waals surface area contributed by atoms with Gasteiger partial charge in [0.05, 0.1) is 34.3 Å². The van der Waals surface area contributed by atoms with E-state index in [1.807, 2.05) is 6.07 Å². The molecule has 8 nitrogen and oxygen atoms in total. The van der Waals surface area contributed by atoms with Crippen LogP contribution in [0.4, 0.5) is 15.8 Å². The molecule has 3 aromatic carbocycles. The van der Waals surface area contributed by atoms with Gasteiger partial charge in [-0.05, 0) is 42.5 Å². The molecule has 0 atom stereocenters. The van der Waals surface area contributed by atoms with Crippen LogP contribution in [-0.2, 0) is 19.6 Å². The van der Waals surface area contributed by atoms with Gasteiger partial charge in [-0.25, -0.2) is 17.6 Å². The van der Waals surface area contributed by atoms with Crippen molar-refractivity contribution in [2.75, 3.05) is 29.4 Å². The second kappa shape index (κ2) is 11.3. The summed E-state index contributed by atoms with van der Waals surface area (Å²) >= 11 is 0. The number of carbonyl (C=O) groups is 2. The van der Waals surface area contributed by atoms with Crippen molar-refractivity contribution in [3.63, 3.8) is 0 Å². The van der Waals surface area contributed by atoms with Crippen LogP contribution in [0.15, 0.2) is 83.8 Å². The predicted octanol–water partition coefficient (Wildman–Crippen LogP) is 3.75. The average Bonchev–Trinajstić information content (AvgIpc) is 2.88. The molecule has 0 saturated heterocycles. The maximum atomic E-state index is 14.2. The van der Waals surface area contributed by atoms with Crippen LogP contribution < -0.4 is 9.21 Å². The zero-order chi connectivity index (χ0) is 25.4. The zero-order valence-electron chi connectivity index (χ0n) is 18.8. The number of rotatable bonds is 9. The second-order valence-electron chi connectivity index (χ2n) is 7.32. The molecule has 10 heteroatoms. The molecule has 0 aliphatic rings. The number of sulfonamides is 1. The number of hydrogen-bond donors (Lipinski definition) is 0. The number of hydrogen-bond acceptors (Lipinski definition) is 6. The summed E-state index contributed by atoms with van der Waals surface area (Å²) in [6, 6.07) is 21.1. The summed E-state index contributed by atoms with van der Waals surface area (Å²) in [6.07, 6.45) is -0.0527. The lowest BCUT2D eigenvalue weighted by Gasteiger charge is -2.22. The highest BCUT2D eigenvalue weighted by Gasteiger charge is 2.24. The summed E-state index contributed by atoms with van der Waals surface area (Å²) in [4.78, 5) is 26.2. The van der Waals surface area contributed by atoms with Crippen LogP contribution in [0.25, 0.3) is 0 Å². The summed E-state index contributed by atoms with van der Waals surface area (Å²) in [5.74, 6) is -2.32. The minimum atomic E-state index is -3.97. The van der Waals surface area contributed by atoms with Crippen molar-refractivity contribution in [2.45, 2.75) is 11.3 Å². The van der Waals surface area contributed by atoms with Crippen molar-refractivity contribution in [1.82, 2.24) is 0 Å². The molecule has 0 saturated carbocycles. The molecule has 3 rings (SSSR count). The average molecular weight is 496 g/mol. The van der Waals surface area contributed by atoms with E-state index in [2.05, 4.69) is 0 Å². The Kier molecular flexibility index (Phi) is 8.17. The van der Waals surface area contributed by atoms with Gasteiger partial charge in [-0.2, -0.15) is 5.26 Å². The summed E-state index contributed by atoms with van der Waals surface area (Å²) < 4.78 is 46.4. The summed E-state index contributed by atoms with van der Waals surface area (Å²) in [5.41, 5.74) is 0.326. The number of carbonyl (C=O) groups excluding carboxylic acids is 2. The molecule has 0 spiro atoms. The molecule has 0 aliphatic heterocycles. The fourth-order valence-corrected chi connectivity index (χ4v) is 4.46. The smallest absolute Gasteiger partial charge is 0.338 e. The molecule has 0 radical (unpaired) electrons. The van der Waals surface area contributed by atoms with Crippen molar-refractivity contribution in [1.29, 1.82) is 5.26 Å². The standard InChI is InChI=1S/C25H22FN3O5S/c1-28(20-10-3-2-4-11-20)35(32,33)21-12-7-9-19(17-21)25(31)34-18-24(30)29(16-8-15-27)23-14-6-5-13-22(23)26/h2-7,9-14,17H,8,16,18H2,1H3. The highest BCUT2D eigenvalue weighted by molar-refractivity contribution is 7.92. The molecule has 1 amide bonds. The molecule has 0 aromatic heterocycles. The van der Waals surface area contributed by atoms with Gasteiger partial charge in [0, 0.05) is 13.6 Å². The van der Waals surface area contributed by atoms with Crippen molar-refractivity contribution >= 4 is 33.3 Å². The Labute approximate surface area is 202 Å². The van der Waals surface area contributed by atoms with E-state index < -0.39 is 34.3 Å². The van der Waals surface area contributed by atoms with Crippen LogP contribution in [0, 0.1) is 17.1 Å². The van der Waals surface area contributed by atoms with Crippen molar-refractivity contribution < 1.29 is 27.1 Å². The third-order valence-corrected chi connectivity index (χ3v) is 6.85. The molecule has 180 valence electrons. The van der Waals surface area contributed by atoms with Crippen LogP contribution in [0.5, 0.6) is 0 Å². The van der Waals surface area contributed by atoms with E-state index in [1.54, 1.807) is 30.3 Å². The van der Waals surface area contributed by atoms with Crippen LogP contribution in [-0.4, -0.2) is 40.5 Å². The van der Waals surface area contributed by atoms with E-state index in [-0.39, 0.29) is 29.1 Å². The first kappa shape index (κ1) is 25.4. The lowest BCUT2D eigenvalue weighted by atomic mass is 10.2. The molecular weight excluding hydrogens is 473 g/mol. The number of esters is 1. The Morgan fingerprint density at radius 1 is 1.00 bits per heavy atom. The van der Waals surface area contributed by atoms with Gasteiger partial charge < -0.3 is 9.64 Å².